The minimum absolute atomic E-state index is 0.0228. The molecule has 5 nitrogen and oxygen atoms in total. The highest BCUT2D eigenvalue weighted by Crippen LogP contribution is 1.88. The van der Waals surface area contributed by atoms with Crippen LogP contribution in [0.4, 0.5) is 4.79 Å². The maximum Gasteiger partial charge on any atom is 0.403 e. The molecule has 0 aliphatic carbocycles. The van der Waals surface area contributed by atoms with Gasteiger partial charge in [0.1, 0.15) is 6.61 Å². The topological polar surface area (TPSA) is 81.4 Å². The lowest BCUT2D eigenvalue weighted by Gasteiger charge is -1.97. The van der Waals surface area contributed by atoms with Crippen LogP contribution in [0, 0.1) is 0 Å². The maximum absolute atomic E-state index is 10.3. The summed E-state index contributed by atoms with van der Waals surface area (Å²) < 4.78 is 4.22. The first-order chi connectivity index (χ1) is 4.66. The number of halogens is 1. The highest BCUT2D eigenvalue weighted by atomic mass is 35.5. The van der Waals surface area contributed by atoms with E-state index in [2.05, 4.69) is 4.74 Å². The highest BCUT2D eigenvalue weighted by Gasteiger charge is 1.99. The van der Waals surface area contributed by atoms with Crippen LogP contribution >= 0.6 is 11.6 Å². The number of hydrazine groups is 1. The molecule has 0 atom stereocenters. The summed E-state index contributed by atoms with van der Waals surface area (Å²) >= 11 is 4.78. The zero-order valence-electron chi connectivity index (χ0n) is 5.09. The number of carbonyl (C=O) groups is 2. The third-order valence-corrected chi connectivity index (χ3v) is 0.815. The van der Waals surface area contributed by atoms with Gasteiger partial charge in [-0.3, -0.25) is 10.2 Å². The van der Waals surface area contributed by atoms with Crippen LogP contribution in [0.15, 0.2) is 0 Å². The molecular weight excluding hydrogens is 160 g/mol. The Labute approximate surface area is 62.4 Å². The van der Waals surface area contributed by atoms with Gasteiger partial charge in [-0.25, -0.2) is 10.6 Å². The number of carbonyl (C=O) groups excluding carboxylic acids is 2. The van der Waals surface area contributed by atoms with E-state index in [4.69, 9.17) is 17.4 Å². The second kappa shape index (κ2) is 5.01. The number of ether oxygens (including phenoxy) is 1. The number of hydrogen-bond acceptors (Lipinski definition) is 4. The Morgan fingerprint density at radius 1 is 1.60 bits per heavy atom. The average Bonchev–Trinajstić information content (AvgIpc) is 1.87. The number of hydrogen-bond donors (Lipinski definition) is 2. The lowest BCUT2D eigenvalue weighted by molar-refractivity contribution is -0.121. The predicted octanol–water partition coefficient (Wildman–Crippen LogP) is -0.258. The fourth-order valence-electron chi connectivity index (χ4n) is 0.296. The summed E-state index contributed by atoms with van der Waals surface area (Å²) in [5.74, 6) is 4.31. The molecule has 0 bridgehead atoms. The molecule has 0 aliphatic heterocycles. The van der Waals surface area contributed by atoms with Crippen molar-refractivity contribution in [2.75, 3.05) is 6.61 Å². The van der Waals surface area contributed by atoms with Crippen LogP contribution in [0.3, 0.4) is 0 Å². The van der Waals surface area contributed by atoms with E-state index in [-0.39, 0.29) is 13.0 Å². The van der Waals surface area contributed by atoms with Gasteiger partial charge < -0.3 is 4.74 Å². The van der Waals surface area contributed by atoms with Crippen molar-refractivity contribution in [2.45, 2.75) is 6.42 Å². The molecule has 0 saturated carbocycles. The average molecular weight is 167 g/mol. The van der Waals surface area contributed by atoms with Crippen molar-refractivity contribution >= 4 is 22.9 Å². The first-order valence-electron chi connectivity index (χ1n) is 2.48. The van der Waals surface area contributed by atoms with Crippen molar-refractivity contribution in [3.05, 3.63) is 0 Å². The van der Waals surface area contributed by atoms with Crippen molar-refractivity contribution in [3.63, 3.8) is 0 Å². The molecule has 0 spiro atoms. The lowest BCUT2D eigenvalue weighted by atomic mass is 10.4. The summed E-state index contributed by atoms with van der Waals surface area (Å²) in [5, 5.41) is 0. The Morgan fingerprint density at radius 3 is 2.60 bits per heavy atom. The molecule has 0 aromatic rings. The van der Waals surface area contributed by atoms with E-state index in [1.807, 2.05) is 5.43 Å². The number of amides is 1. The molecule has 3 N–H and O–H groups in total. The molecule has 0 aliphatic rings. The Bertz CT molecular complexity index is 138. The minimum atomic E-state index is -0.926. The van der Waals surface area contributed by atoms with Crippen molar-refractivity contribution in [3.8, 4) is 0 Å². The van der Waals surface area contributed by atoms with Crippen LogP contribution in [-0.4, -0.2) is 17.9 Å². The predicted molar refractivity (Wildman–Crippen MR) is 34.1 cm³/mol. The molecule has 0 aromatic carbocycles. The van der Waals surface area contributed by atoms with Gasteiger partial charge in [0.05, 0.1) is 6.42 Å². The molecule has 0 rings (SSSR count). The molecular formula is C4H7ClN2O3. The third kappa shape index (κ3) is 5.33. The fraction of sp³-hybridized carbons (Fsp3) is 0.500. The summed E-state index contributed by atoms with van der Waals surface area (Å²) in [6.07, 6.45) is 0.0228. The first kappa shape index (κ1) is 9.19. The summed E-state index contributed by atoms with van der Waals surface area (Å²) in [7, 11) is 0. The van der Waals surface area contributed by atoms with Gasteiger partial charge >= 0.3 is 5.43 Å². The van der Waals surface area contributed by atoms with Gasteiger partial charge in [-0.1, -0.05) is 0 Å². The van der Waals surface area contributed by atoms with Gasteiger partial charge in [0, 0.05) is 11.6 Å². The monoisotopic (exact) mass is 166 g/mol. The van der Waals surface area contributed by atoms with Crippen LogP contribution in [0.2, 0.25) is 0 Å². The van der Waals surface area contributed by atoms with Crippen molar-refractivity contribution in [2.24, 2.45) is 5.84 Å². The lowest BCUT2D eigenvalue weighted by Crippen LogP contribution is -2.30. The van der Waals surface area contributed by atoms with E-state index in [9.17, 15) is 9.59 Å². The minimum Gasteiger partial charge on any atom is -0.453 e. The smallest absolute Gasteiger partial charge is 0.403 e. The second-order valence-electron chi connectivity index (χ2n) is 1.40. The van der Waals surface area contributed by atoms with Crippen LogP contribution in [0.1, 0.15) is 6.42 Å². The molecule has 58 valence electrons. The molecule has 0 radical (unpaired) electrons. The highest BCUT2D eigenvalue weighted by molar-refractivity contribution is 6.61. The number of rotatable bonds is 3. The normalized spacial score (nSPS) is 8.60. The van der Waals surface area contributed by atoms with Crippen LogP contribution in [-0.2, 0) is 9.53 Å². The van der Waals surface area contributed by atoms with E-state index in [0.29, 0.717) is 0 Å². The van der Waals surface area contributed by atoms with E-state index >= 15 is 0 Å². The molecule has 0 saturated heterocycles. The van der Waals surface area contributed by atoms with Gasteiger partial charge in [-0.05, 0) is 0 Å². The van der Waals surface area contributed by atoms with E-state index in [1.54, 1.807) is 0 Å². The third-order valence-electron chi connectivity index (χ3n) is 0.706. The van der Waals surface area contributed by atoms with Crippen LogP contribution in [0.5, 0.6) is 0 Å². The van der Waals surface area contributed by atoms with Gasteiger partial charge in [0.25, 0.3) is 0 Å². The van der Waals surface area contributed by atoms with Crippen molar-refractivity contribution in [1.29, 1.82) is 0 Å². The molecule has 0 fully saturated rings. The molecule has 0 aromatic heterocycles. The Kier molecular flexibility index (Phi) is 4.61. The zero-order chi connectivity index (χ0) is 7.98. The van der Waals surface area contributed by atoms with Gasteiger partial charge in [-0.2, -0.15) is 0 Å². The molecule has 0 unspecified atom stereocenters. The van der Waals surface area contributed by atoms with E-state index in [1.165, 1.54) is 0 Å². The molecule has 10 heavy (non-hydrogen) atoms. The summed E-state index contributed by atoms with van der Waals surface area (Å²) in [4.78, 5) is 20.2. The van der Waals surface area contributed by atoms with Gasteiger partial charge in [-0.15, -0.1) is 0 Å². The van der Waals surface area contributed by atoms with E-state index < -0.39 is 11.3 Å². The summed E-state index contributed by atoms with van der Waals surface area (Å²) in [6.45, 7) is -0.0502. The van der Waals surface area contributed by atoms with Gasteiger partial charge in [0.15, 0.2) is 0 Å². The Hall–Kier alpha value is -0.810. The largest absolute Gasteiger partial charge is 0.453 e. The molecule has 1 amide bonds. The van der Waals surface area contributed by atoms with Crippen LogP contribution < -0.4 is 11.3 Å². The molecule has 6 heteroatoms. The quantitative estimate of drug-likeness (QED) is 0.262. The van der Waals surface area contributed by atoms with Crippen molar-refractivity contribution in [1.82, 2.24) is 5.43 Å². The van der Waals surface area contributed by atoms with Crippen molar-refractivity contribution < 1.29 is 14.3 Å². The Morgan fingerprint density at radius 2 is 2.20 bits per heavy atom. The maximum atomic E-state index is 10.3. The number of nitrogens with two attached hydrogens (primary N) is 1. The SMILES string of the molecule is NNC(=O)CCOC(=O)Cl. The van der Waals surface area contributed by atoms with E-state index in [0.717, 1.165) is 0 Å². The number of nitrogens with one attached hydrogen (secondary N) is 1. The Balaban J connectivity index is 3.20. The molecule has 0 heterocycles. The zero-order valence-corrected chi connectivity index (χ0v) is 5.85. The second-order valence-corrected chi connectivity index (χ2v) is 1.71. The first-order valence-corrected chi connectivity index (χ1v) is 2.86. The fourth-order valence-corrected chi connectivity index (χ4v) is 0.373. The summed E-state index contributed by atoms with van der Waals surface area (Å²) in [5.41, 5.74) is 0.939. The van der Waals surface area contributed by atoms with Gasteiger partial charge in [0.2, 0.25) is 5.91 Å². The summed E-state index contributed by atoms with van der Waals surface area (Å²) in [6, 6.07) is 0. The standard InChI is InChI=1S/C4H7ClN2O3/c5-4(9)10-2-1-3(8)7-6/h1-2,6H2,(H,7,8). The van der Waals surface area contributed by atoms with Crippen LogP contribution in [0.25, 0.3) is 0 Å².